The molecule has 0 bridgehead atoms. The number of phenolic OH excluding ortho intramolecular Hbond substituents is 1. The van der Waals surface area contributed by atoms with E-state index in [-0.39, 0.29) is 27.7 Å². The molecule has 124 valence electrons. The lowest BCUT2D eigenvalue weighted by Crippen LogP contribution is -2.34. The van der Waals surface area contributed by atoms with Gasteiger partial charge in [0.1, 0.15) is 0 Å². The Hall–Kier alpha value is -2.22. The molecule has 0 aliphatic carbocycles. The van der Waals surface area contributed by atoms with Crippen molar-refractivity contribution in [2.45, 2.75) is 0 Å². The maximum Gasteiger partial charge on any atom is 0.257 e. The maximum atomic E-state index is 12.2. The number of carbonyl (C=O) groups excluding carboxylic acids is 1. The minimum absolute atomic E-state index is 0.0514. The van der Waals surface area contributed by atoms with Crippen LogP contribution in [-0.2, 0) is 0 Å². The van der Waals surface area contributed by atoms with Crippen molar-refractivity contribution in [3.63, 3.8) is 0 Å². The van der Waals surface area contributed by atoms with Crippen LogP contribution in [-0.4, -0.2) is 22.9 Å². The number of amides is 1. The third kappa shape index (κ3) is 3.48. The number of fused-ring (bicyclic) bond motifs is 1. The Labute approximate surface area is 152 Å². The first-order valence-electron chi connectivity index (χ1n) is 6.64. The van der Waals surface area contributed by atoms with Gasteiger partial charge in [-0.2, -0.15) is 0 Å². The Morgan fingerprint density at radius 2 is 1.79 bits per heavy atom. The van der Waals surface area contributed by atoms with E-state index in [0.717, 1.165) is 0 Å². The molecule has 24 heavy (non-hydrogen) atoms. The lowest BCUT2D eigenvalue weighted by molar-refractivity contribution is 0.0977. The molecule has 2 aromatic rings. The van der Waals surface area contributed by atoms with E-state index in [1.807, 2.05) is 0 Å². The number of hydrogen-bond donors (Lipinski definition) is 3. The summed E-state index contributed by atoms with van der Waals surface area (Å²) in [6.45, 7) is 0.128. The topological polar surface area (TPSA) is 79.8 Å². The van der Waals surface area contributed by atoms with Crippen LogP contribution in [0, 0.1) is 0 Å². The van der Waals surface area contributed by atoms with Gasteiger partial charge in [-0.05, 0) is 42.5 Å². The molecule has 0 atom stereocenters. The zero-order valence-corrected chi connectivity index (χ0v) is 14.3. The second kappa shape index (κ2) is 6.72. The zero-order valence-electron chi connectivity index (χ0n) is 11.9. The normalized spacial score (nSPS) is 11.9. The van der Waals surface area contributed by atoms with Crippen molar-refractivity contribution >= 4 is 52.1 Å². The highest BCUT2D eigenvalue weighted by atomic mass is 35.5. The number of benzene rings is 2. The molecule has 9 heteroatoms. The van der Waals surface area contributed by atoms with E-state index in [4.69, 9.17) is 44.9 Å². The summed E-state index contributed by atoms with van der Waals surface area (Å²) < 4.78 is 10.4. The minimum Gasteiger partial charge on any atom is -0.505 e. The Morgan fingerprint density at radius 1 is 1.12 bits per heavy atom. The molecule has 3 rings (SSSR count). The van der Waals surface area contributed by atoms with Crippen molar-refractivity contribution in [3.8, 4) is 17.2 Å². The van der Waals surface area contributed by atoms with Crippen LogP contribution >= 0.6 is 35.4 Å². The van der Waals surface area contributed by atoms with Gasteiger partial charge in [-0.15, -0.1) is 0 Å². The number of hydrogen-bond acceptors (Lipinski definition) is 5. The first-order valence-corrected chi connectivity index (χ1v) is 7.80. The van der Waals surface area contributed by atoms with Gasteiger partial charge in [0, 0.05) is 11.3 Å². The predicted octanol–water partition coefficient (Wildman–Crippen LogP) is 3.55. The second-order valence-corrected chi connectivity index (χ2v) is 5.99. The number of halogens is 2. The van der Waals surface area contributed by atoms with Crippen LogP contribution in [0.15, 0.2) is 30.3 Å². The fraction of sp³-hybridized carbons (Fsp3) is 0.0667. The first-order chi connectivity index (χ1) is 11.4. The Bertz CT molecular complexity index is 821. The molecule has 1 heterocycles. The highest BCUT2D eigenvalue weighted by Crippen LogP contribution is 2.35. The largest absolute Gasteiger partial charge is 0.505 e. The predicted molar refractivity (Wildman–Crippen MR) is 94.4 cm³/mol. The molecule has 3 N–H and O–H groups in total. The molecule has 0 saturated carbocycles. The van der Waals surface area contributed by atoms with E-state index in [0.29, 0.717) is 22.7 Å². The minimum atomic E-state index is -0.415. The number of phenols is 1. The lowest BCUT2D eigenvalue weighted by Gasteiger charge is -2.11. The van der Waals surface area contributed by atoms with Gasteiger partial charge in [0.2, 0.25) is 6.79 Å². The molecule has 0 radical (unpaired) electrons. The smallest absolute Gasteiger partial charge is 0.257 e. The van der Waals surface area contributed by atoms with Gasteiger partial charge in [0.15, 0.2) is 22.4 Å². The van der Waals surface area contributed by atoms with Gasteiger partial charge in [0.05, 0.1) is 10.0 Å². The van der Waals surface area contributed by atoms with Crippen molar-refractivity contribution in [2.24, 2.45) is 0 Å². The van der Waals surface area contributed by atoms with Crippen LogP contribution < -0.4 is 20.1 Å². The van der Waals surface area contributed by atoms with Crippen molar-refractivity contribution in [3.05, 3.63) is 45.9 Å². The van der Waals surface area contributed by atoms with Crippen molar-refractivity contribution in [2.75, 3.05) is 12.1 Å². The van der Waals surface area contributed by atoms with Gasteiger partial charge < -0.3 is 19.9 Å². The molecular formula is C15H10Cl2N2O4S. The summed E-state index contributed by atoms with van der Waals surface area (Å²) in [6, 6.07) is 7.67. The SMILES string of the molecule is O=C(NC(=S)Nc1cc(Cl)c(O)c(Cl)c1)c1ccc2c(c1)OCO2. The van der Waals surface area contributed by atoms with Crippen LogP contribution in [0.1, 0.15) is 10.4 Å². The van der Waals surface area contributed by atoms with Crippen molar-refractivity contribution in [1.29, 1.82) is 0 Å². The van der Waals surface area contributed by atoms with E-state index in [9.17, 15) is 9.90 Å². The van der Waals surface area contributed by atoms with Crippen LogP contribution in [0.4, 0.5) is 5.69 Å². The molecule has 1 amide bonds. The number of nitrogens with one attached hydrogen (secondary N) is 2. The average Bonchev–Trinajstić information content (AvgIpc) is 2.99. The summed E-state index contributed by atoms with van der Waals surface area (Å²) in [5, 5.41) is 15.0. The van der Waals surface area contributed by atoms with E-state index >= 15 is 0 Å². The van der Waals surface area contributed by atoms with Crippen LogP contribution in [0.2, 0.25) is 10.0 Å². The van der Waals surface area contributed by atoms with Gasteiger partial charge in [0.25, 0.3) is 5.91 Å². The summed E-state index contributed by atoms with van der Waals surface area (Å²) in [4.78, 5) is 12.2. The van der Waals surface area contributed by atoms with E-state index in [1.165, 1.54) is 12.1 Å². The molecule has 1 aliphatic rings. The van der Waals surface area contributed by atoms with E-state index in [1.54, 1.807) is 18.2 Å². The van der Waals surface area contributed by atoms with E-state index < -0.39 is 5.91 Å². The van der Waals surface area contributed by atoms with E-state index in [2.05, 4.69) is 10.6 Å². The highest BCUT2D eigenvalue weighted by Gasteiger charge is 2.17. The first kappa shape index (κ1) is 16.6. The van der Waals surface area contributed by atoms with Gasteiger partial charge in [-0.3, -0.25) is 10.1 Å². The number of anilines is 1. The van der Waals surface area contributed by atoms with Crippen LogP contribution in [0.3, 0.4) is 0 Å². The molecule has 0 aromatic heterocycles. The number of ether oxygens (including phenoxy) is 2. The molecule has 0 unspecified atom stereocenters. The van der Waals surface area contributed by atoms with Crippen molar-refractivity contribution in [1.82, 2.24) is 5.32 Å². The Kier molecular flexibility index (Phi) is 4.66. The molecule has 2 aromatic carbocycles. The Morgan fingerprint density at radius 3 is 2.50 bits per heavy atom. The summed E-state index contributed by atoms with van der Waals surface area (Å²) >= 11 is 16.7. The standard InChI is InChI=1S/C15H10Cl2N2O4S/c16-9-4-8(5-10(17)13(9)20)18-15(24)19-14(21)7-1-2-11-12(3-7)23-6-22-11/h1-5,20H,6H2,(H2,18,19,21,24). The Balaban J connectivity index is 1.67. The molecule has 0 saturated heterocycles. The van der Waals surface area contributed by atoms with Crippen LogP contribution in [0.5, 0.6) is 17.2 Å². The molecule has 6 nitrogen and oxygen atoms in total. The maximum absolute atomic E-state index is 12.2. The summed E-state index contributed by atoms with van der Waals surface area (Å²) in [5.74, 6) is 0.445. The quantitative estimate of drug-likeness (QED) is 0.542. The molecular weight excluding hydrogens is 375 g/mol. The number of carbonyl (C=O) groups is 1. The number of thiocarbonyl (C=S) groups is 1. The fourth-order valence-corrected chi connectivity index (χ4v) is 2.71. The zero-order chi connectivity index (χ0) is 17.3. The second-order valence-electron chi connectivity index (χ2n) is 4.76. The fourth-order valence-electron chi connectivity index (χ4n) is 2.01. The highest BCUT2D eigenvalue weighted by molar-refractivity contribution is 7.80. The van der Waals surface area contributed by atoms with Gasteiger partial charge >= 0.3 is 0 Å². The molecule has 0 fully saturated rings. The number of aromatic hydroxyl groups is 1. The lowest BCUT2D eigenvalue weighted by atomic mass is 10.2. The number of rotatable bonds is 2. The summed E-state index contributed by atoms with van der Waals surface area (Å²) in [5.41, 5.74) is 0.795. The van der Waals surface area contributed by atoms with Gasteiger partial charge in [-0.25, -0.2) is 0 Å². The molecule has 0 spiro atoms. The average molecular weight is 385 g/mol. The monoisotopic (exact) mass is 384 g/mol. The summed E-state index contributed by atoms with van der Waals surface area (Å²) in [6.07, 6.45) is 0. The van der Waals surface area contributed by atoms with Crippen molar-refractivity contribution < 1.29 is 19.4 Å². The van der Waals surface area contributed by atoms with Gasteiger partial charge in [-0.1, -0.05) is 23.2 Å². The summed E-state index contributed by atoms with van der Waals surface area (Å²) in [7, 11) is 0. The van der Waals surface area contributed by atoms with Crippen LogP contribution in [0.25, 0.3) is 0 Å². The third-order valence-electron chi connectivity index (χ3n) is 3.14. The molecule has 1 aliphatic heterocycles. The third-order valence-corrected chi connectivity index (χ3v) is 3.92.